The minimum absolute atomic E-state index is 0.0253. The lowest BCUT2D eigenvalue weighted by atomic mass is 10.1. The molecule has 0 saturated heterocycles. The highest BCUT2D eigenvalue weighted by Crippen LogP contribution is 2.37. The zero-order valence-corrected chi connectivity index (χ0v) is 21.4. The molecule has 184 valence electrons. The van der Waals surface area contributed by atoms with Gasteiger partial charge in [0.05, 0.1) is 6.33 Å². The summed E-state index contributed by atoms with van der Waals surface area (Å²) in [4.78, 5) is 23.0. The Bertz CT molecular complexity index is 1280. The smallest absolute Gasteiger partial charge is 0.280 e. The maximum Gasteiger partial charge on any atom is 0.280 e. The van der Waals surface area contributed by atoms with Crippen LogP contribution < -0.4 is 21.7 Å². The molecule has 0 spiro atoms. The monoisotopic (exact) mass is 491 g/mol. The highest BCUT2D eigenvalue weighted by Gasteiger charge is 2.50. The molecule has 35 heavy (non-hydrogen) atoms. The Morgan fingerprint density at radius 2 is 1.69 bits per heavy atom. The highest BCUT2D eigenvalue weighted by molar-refractivity contribution is 6.99. The number of fused-ring (bicyclic) bond motifs is 1. The molecule has 1 atom stereocenters. The molecular weight excluding hydrogens is 458 g/mol. The van der Waals surface area contributed by atoms with Crippen molar-refractivity contribution in [3.63, 3.8) is 0 Å². The number of aliphatic hydroxyl groups is 1. The number of nitrogen functional groups attached to an aromatic ring is 1. The van der Waals surface area contributed by atoms with Crippen LogP contribution in [0.5, 0.6) is 0 Å². The summed E-state index contributed by atoms with van der Waals surface area (Å²) in [5, 5.41) is 12.5. The minimum Gasteiger partial charge on any atom is -0.407 e. The summed E-state index contributed by atoms with van der Waals surface area (Å²) in [5.74, 6) is -0.0623. The van der Waals surface area contributed by atoms with E-state index in [2.05, 4.69) is 84.3 Å². The van der Waals surface area contributed by atoms with Crippen LogP contribution in [0.3, 0.4) is 0 Å². The largest absolute Gasteiger partial charge is 0.407 e. The number of aromatic amines is 1. The number of nitrogens with zero attached hydrogens (tertiary/aromatic N) is 3. The molecule has 4 rings (SSSR count). The van der Waals surface area contributed by atoms with Gasteiger partial charge >= 0.3 is 0 Å². The predicted molar refractivity (Wildman–Crippen MR) is 141 cm³/mol. The lowest BCUT2D eigenvalue weighted by Gasteiger charge is -2.43. The van der Waals surface area contributed by atoms with Gasteiger partial charge in [0.2, 0.25) is 5.95 Å². The summed E-state index contributed by atoms with van der Waals surface area (Å²) in [5.41, 5.74) is 6.00. The Balaban J connectivity index is 1.59. The maximum atomic E-state index is 12.1. The van der Waals surface area contributed by atoms with E-state index in [1.165, 1.54) is 10.4 Å². The molecule has 8 nitrogen and oxygen atoms in total. The molecule has 0 bridgehead atoms. The van der Waals surface area contributed by atoms with Gasteiger partial charge in [0.15, 0.2) is 11.2 Å². The number of imidazole rings is 1. The van der Waals surface area contributed by atoms with Gasteiger partial charge in [-0.2, -0.15) is 4.98 Å². The number of nitrogens with one attached hydrogen (secondary N) is 1. The van der Waals surface area contributed by atoms with E-state index in [-0.39, 0.29) is 34.6 Å². The van der Waals surface area contributed by atoms with E-state index in [1.807, 2.05) is 12.1 Å². The zero-order valence-electron chi connectivity index (χ0n) is 20.4. The summed E-state index contributed by atoms with van der Waals surface area (Å²) in [6, 6.07) is 21.0. The second-order valence-electron chi connectivity index (χ2n) is 9.87. The lowest BCUT2D eigenvalue weighted by molar-refractivity contribution is 0.175. The molecule has 9 heteroatoms. The Morgan fingerprint density at radius 1 is 1.09 bits per heavy atom. The van der Waals surface area contributed by atoms with Crippen LogP contribution >= 0.6 is 0 Å². The first-order valence-electron chi connectivity index (χ1n) is 11.8. The summed E-state index contributed by atoms with van der Waals surface area (Å²) >= 11 is 0. The van der Waals surface area contributed by atoms with Crippen molar-refractivity contribution in [2.45, 2.75) is 38.8 Å². The van der Waals surface area contributed by atoms with E-state index < -0.39 is 8.32 Å². The minimum atomic E-state index is -2.64. The number of benzene rings is 2. The molecule has 0 radical (unpaired) electrons. The van der Waals surface area contributed by atoms with Gasteiger partial charge < -0.3 is 19.8 Å². The SMILES string of the molecule is CC(C)(C)[Si](OCC[C@@H](CO)Cn1cnc2c(=O)[nH]c(N)nc21)(c1ccccc1)c1ccccc1. The van der Waals surface area contributed by atoms with Crippen LogP contribution in [-0.4, -0.2) is 46.2 Å². The summed E-state index contributed by atoms with van der Waals surface area (Å²) in [7, 11) is -2.64. The van der Waals surface area contributed by atoms with E-state index >= 15 is 0 Å². The molecule has 0 aliphatic carbocycles. The molecule has 0 aliphatic rings. The molecule has 0 fully saturated rings. The van der Waals surface area contributed by atoms with Crippen molar-refractivity contribution in [1.82, 2.24) is 19.5 Å². The fraction of sp³-hybridized carbons (Fsp3) is 0.346. The molecule has 2 heterocycles. The van der Waals surface area contributed by atoms with Crippen LogP contribution in [-0.2, 0) is 11.0 Å². The summed E-state index contributed by atoms with van der Waals surface area (Å²) < 4.78 is 8.72. The zero-order chi connectivity index (χ0) is 25.1. The number of rotatable bonds is 9. The highest BCUT2D eigenvalue weighted by atomic mass is 28.4. The van der Waals surface area contributed by atoms with Gasteiger partial charge in [0.1, 0.15) is 0 Å². The van der Waals surface area contributed by atoms with Crippen molar-refractivity contribution in [2.24, 2.45) is 5.92 Å². The summed E-state index contributed by atoms with van der Waals surface area (Å²) in [6.07, 6.45) is 2.21. The Kier molecular flexibility index (Phi) is 7.20. The predicted octanol–water partition coefficient (Wildman–Crippen LogP) is 2.28. The second kappa shape index (κ2) is 10.1. The van der Waals surface area contributed by atoms with E-state index in [9.17, 15) is 9.90 Å². The van der Waals surface area contributed by atoms with Crippen molar-refractivity contribution < 1.29 is 9.53 Å². The Labute approximate surface area is 206 Å². The lowest BCUT2D eigenvalue weighted by Crippen LogP contribution is -2.66. The van der Waals surface area contributed by atoms with Crippen molar-refractivity contribution in [2.75, 3.05) is 18.9 Å². The molecule has 2 aromatic carbocycles. The molecule has 2 aromatic heterocycles. The molecule has 0 unspecified atom stereocenters. The molecule has 4 aromatic rings. The van der Waals surface area contributed by atoms with Gasteiger partial charge in [-0.25, -0.2) is 4.98 Å². The third-order valence-corrected chi connectivity index (χ3v) is 11.5. The normalized spacial score (nSPS) is 13.3. The first-order chi connectivity index (χ1) is 16.8. The number of H-pyrrole nitrogens is 1. The fourth-order valence-corrected chi connectivity index (χ4v) is 9.34. The molecule has 4 N–H and O–H groups in total. The van der Waals surface area contributed by atoms with Crippen LogP contribution in [0.2, 0.25) is 5.04 Å². The maximum absolute atomic E-state index is 12.1. The number of hydrogen-bond donors (Lipinski definition) is 3. The average Bonchev–Trinajstić information content (AvgIpc) is 3.24. The number of aromatic nitrogens is 4. The molecule has 0 saturated carbocycles. The van der Waals surface area contributed by atoms with Gasteiger partial charge in [-0.05, 0) is 21.8 Å². The third kappa shape index (κ3) is 4.93. The first kappa shape index (κ1) is 24.8. The number of hydrogen-bond acceptors (Lipinski definition) is 6. The third-order valence-electron chi connectivity index (χ3n) is 6.47. The van der Waals surface area contributed by atoms with Gasteiger partial charge in [-0.15, -0.1) is 0 Å². The Hall–Kier alpha value is -3.27. The second-order valence-corrected chi connectivity index (χ2v) is 14.2. The van der Waals surface area contributed by atoms with Crippen molar-refractivity contribution in [1.29, 1.82) is 0 Å². The van der Waals surface area contributed by atoms with Crippen LogP contribution in [0, 0.1) is 5.92 Å². The van der Waals surface area contributed by atoms with Gasteiger partial charge in [0.25, 0.3) is 13.9 Å². The first-order valence-corrected chi connectivity index (χ1v) is 13.7. The number of nitrogens with two attached hydrogens (primary N) is 1. The van der Waals surface area contributed by atoms with Crippen LogP contribution in [0.1, 0.15) is 27.2 Å². The average molecular weight is 492 g/mol. The van der Waals surface area contributed by atoms with Crippen molar-refractivity contribution in [3.8, 4) is 0 Å². The van der Waals surface area contributed by atoms with Crippen molar-refractivity contribution >= 4 is 35.8 Å². The number of aliphatic hydroxyl groups excluding tert-OH is 1. The van der Waals surface area contributed by atoms with E-state index in [0.29, 0.717) is 25.2 Å². The van der Waals surface area contributed by atoms with E-state index in [1.54, 1.807) is 10.9 Å². The Morgan fingerprint density at radius 3 is 2.23 bits per heavy atom. The van der Waals surface area contributed by atoms with Gasteiger partial charge in [0, 0.05) is 25.7 Å². The molecular formula is C26H33N5O3Si. The molecule has 0 amide bonds. The van der Waals surface area contributed by atoms with Gasteiger partial charge in [-0.3, -0.25) is 9.78 Å². The van der Waals surface area contributed by atoms with Crippen molar-refractivity contribution in [3.05, 3.63) is 77.3 Å². The van der Waals surface area contributed by atoms with Crippen LogP contribution in [0.25, 0.3) is 11.2 Å². The fourth-order valence-electron chi connectivity index (χ4n) is 4.76. The number of anilines is 1. The van der Waals surface area contributed by atoms with E-state index in [0.717, 1.165) is 0 Å². The molecule has 0 aliphatic heterocycles. The van der Waals surface area contributed by atoms with E-state index in [4.69, 9.17) is 10.2 Å². The van der Waals surface area contributed by atoms with Crippen LogP contribution in [0.15, 0.2) is 71.8 Å². The van der Waals surface area contributed by atoms with Crippen LogP contribution in [0.4, 0.5) is 5.95 Å². The standard InChI is InChI=1S/C26H33N5O3Si/c1-26(2,3)35(20-10-6-4-7-11-20,21-12-8-5-9-13-21)34-15-14-19(17-32)16-31-18-28-22-23(31)29-25(27)30-24(22)33/h4-13,18-19,32H,14-17H2,1-3H3,(H3,27,29,30,33)/t19-/m1/s1. The topological polar surface area (TPSA) is 119 Å². The van der Waals surface area contributed by atoms with Gasteiger partial charge in [-0.1, -0.05) is 81.4 Å². The summed E-state index contributed by atoms with van der Waals surface area (Å²) in [6.45, 7) is 7.65. The quantitative estimate of drug-likeness (QED) is 0.309.